The lowest BCUT2D eigenvalue weighted by atomic mass is 9.99. The Morgan fingerprint density at radius 2 is 1.97 bits per heavy atom. The van der Waals surface area contributed by atoms with E-state index in [2.05, 4.69) is 16.0 Å². The van der Waals surface area contributed by atoms with Crippen molar-refractivity contribution in [2.24, 2.45) is 0 Å². The molecule has 0 spiro atoms. The van der Waals surface area contributed by atoms with Crippen molar-refractivity contribution in [3.63, 3.8) is 0 Å². The first kappa shape index (κ1) is 22.3. The van der Waals surface area contributed by atoms with Gasteiger partial charge in [-0.05, 0) is 42.4 Å². The quantitative estimate of drug-likeness (QED) is 0.332. The number of imidazole rings is 1. The number of ether oxygens (including phenoxy) is 1. The van der Waals surface area contributed by atoms with Crippen molar-refractivity contribution in [2.75, 3.05) is 12.4 Å². The second-order valence-corrected chi connectivity index (χ2v) is 8.70. The van der Waals surface area contributed by atoms with E-state index in [4.69, 9.17) is 4.74 Å². The third-order valence-electron chi connectivity index (χ3n) is 5.24. The van der Waals surface area contributed by atoms with E-state index >= 15 is 0 Å². The molecule has 0 radical (unpaired) electrons. The van der Waals surface area contributed by atoms with Crippen LogP contribution >= 0.6 is 11.8 Å². The zero-order chi connectivity index (χ0) is 23.1. The molecular weight excluding hydrogens is 451 g/mol. The number of rotatable bonds is 7. The van der Waals surface area contributed by atoms with Crippen LogP contribution in [0, 0.1) is 11.3 Å². The first-order valence-electron chi connectivity index (χ1n) is 9.70. The Bertz CT molecular complexity index is 1200. The molecule has 4 rings (SSSR count). The molecule has 0 aliphatic heterocycles. The topological polar surface area (TPSA) is 63.2 Å². The van der Waals surface area contributed by atoms with Gasteiger partial charge in [0.05, 0.1) is 17.7 Å². The minimum Gasteiger partial charge on any atom is -0.485 e. The van der Waals surface area contributed by atoms with Crippen molar-refractivity contribution < 1.29 is 26.7 Å². The molecular formula is C21H17F5N4OS. The summed E-state index contributed by atoms with van der Waals surface area (Å²) in [5.41, 5.74) is 1.08. The van der Waals surface area contributed by atoms with Gasteiger partial charge in [0, 0.05) is 17.3 Å². The summed E-state index contributed by atoms with van der Waals surface area (Å²) < 4.78 is 70.3. The molecule has 1 aliphatic carbocycles. The number of halogens is 5. The Morgan fingerprint density at radius 1 is 1.22 bits per heavy atom. The molecule has 1 saturated carbocycles. The minimum atomic E-state index is -5.70. The summed E-state index contributed by atoms with van der Waals surface area (Å²) in [6.45, 7) is 0.131. The number of hydrogen-bond acceptors (Lipinski definition) is 5. The molecule has 3 heterocycles. The maximum absolute atomic E-state index is 13.3. The molecule has 11 heteroatoms. The van der Waals surface area contributed by atoms with Crippen LogP contribution in [-0.4, -0.2) is 38.8 Å². The largest absolute Gasteiger partial charge is 0.485 e. The van der Waals surface area contributed by atoms with Crippen molar-refractivity contribution in [1.29, 1.82) is 5.26 Å². The van der Waals surface area contributed by atoms with Gasteiger partial charge in [0.2, 0.25) is 0 Å². The summed E-state index contributed by atoms with van der Waals surface area (Å²) in [5.74, 6) is -4.01. The van der Waals surface area contributed by atoms with Crippen molar-refractivity contribution >= 4 is 17.3 Å². The van der Waals surface area contributed by atoms with Gasteiger partial charge >= 0.3 is 12.1 Å². The van der Waals surface area contributed by atoms with Crippen LogP contribution < -0.4 is 4.74 Å². The van der Waals surface area contributed by atoms with E-state index in [0.717, 1.165) is 29.1 Å². The number of nitriles is 1. The van der Waals surface area contributed by atoms with Gasteiger partial charge in [-0.2, -0.15) is 27.2 Å². The van der Waals surface area contributed by atoms with E-state index in [1.807, 2.05) is 13.0 Å². The van der Waals surface area contributed by atoms with Crippen molar-refractivity contribution in [3.8, 4) is 23.3 Å². The molecule has 0 atom stereocenters. The molecule has 3 aromatic heterocycles. The van der Waals surface area contributed by atoms with Gasteiger partial charge in [-0.1, -0.05) is 6.92 Å². The number of aromatic nitrogens is 3. The molecule has 0 aromatic carbocycles. The van der Waals surface area contributed by atoms with Gasteiger partial charge in [0.15, 0.2) is 12.4 Å². The van der Waals surface area contributed by atoms with Crippen molar-refractivity contribution in [3.05, 3.63) is 42.4 Å². The van der Waals surface area contributed by atoms with Gasteiger partial charge < -0.3 is 4.74 Å². The third kappa shape index (κ3) is 3.88. The molecule has 32 heavy (non-hydrogen) atoms. The molecule has 0 amide bonds. The Labute approximate surface area is 184 Å². The molecule has 1 fully saturated rings. The lowest BCUT2D eigenvalue weighted by Crippen LogP contribution is -2.41. The van der Waals surface area contributed by atoms with Crippen LogP contribution in [0.1, 0.15) is 25.3 Å². The highest BCUT2D eigenvalue weighted by molar-refractivity contribution is 7.99. The van der Waals surface area contributed by atoms with Gasteiger partial charge in [0.25, 0.3) is 0 Å². The maximum atomic E-state index is 13.3. The Hall–Kier alpha value is -2.87. The maximum Gasteiger partial charge on any atom is 0.456 e. The fourth-order valence-electron chi connectivity index (χ4n) is 3.27. The van der Waals surface area contributed by atoms with Crippen LogP contribution in [-0.2, 0) is 5.41 Å². The second-order valence-electron chi connectivity index (χ2n) is 7.40. The highest BCUT2D eigenvalue weighted by atomic mass is 32.2. The van der Waals surface area contributed by atoms with Crippen LogP contribution in [0.4, 0.5) is 22.0 Å². The predicted octanol–water partition coefficient (Wildman–Crippen LogP) is 5.64. The van der Waals surface area contributed by atoms with Crippen LogP contribution in [0.15, 0.2) is 41.7 Å². The lowest BCUT2D eigenvalue weighted by Gasteiger charge is -2.20. The summed E-state index contributed by atoms with van der Waals surface area (Å²) in [6.07, 6.45) is 0.414. The van der Waals surface area contributed by atoms with Crippen LogP contribution in [0.25, 0.3) is 17.0 Å². The van der Waals surface area contributed by atoms with Gasteiger partial charge in [0.1, 0.15) is 17.0 Å². The zero-order valence-corrected chi connectivity index (χ0v) is 17.6. The SMILES string of the molecule is CCSc1cc(C2(C#N)CC2)cnc1-c1ncc2c(OCC(F)(F)C(F)(F)F)cccn12. The molecule has 0 unspecified atom stereocenters. The van der Waals surface area contributed by atoms with Gasteiger partial charge in [-0.25, -0.2) is 4.98 Å². The summed E-state index contributed by atoms with van der Waals surface area (Å²) in [5, 5.41) is 9.48. The molecule has 1 aliphatic rings. The molecule has 0 bridgehead atoms. The first-order chi connectivity index (χ1) is 15.1. The molecule has 0 N–H and O–H groups in total. The normalized spacial score (nSPS) is 15.5. The number of pyridine rings is 2. The number of thioether (sulfide) groups is 1. The fraction of sp³-hybridized carbons (Fsp3) is 0.381. The van der Waals surface area contributed by atoms with E-state index < -0.39 is 24.1 Å². The molecule has 3 aromatic rings. The summed E-state index contributed by atoms with van der Waals surface area (Å²) in [6, 6.07) is 7.02. The standard InChI is InChI=1S/C21H17F5N4OS/c1-2-32-16-8-13(19(11-27)5-6-19)9-28-17(16)18-29-10-14-15(4-3-7-30(14)18)31-12-20(22,23)21(24,25)26/h3-4,7-10H,2,5-6,12H2,1H3. The summed E-state index contributed by atoms with van der Waals surface area (Å²) >= 11 is 1.52. The zero-order valence-electron chi connectivity index (χ0n) is 16.8. The van der Waals surface area contributed by atoms with Gasteiger partial charge in [-0.3, -0.25) is 9.38 Å². The lowest BCUT2D eigenvalue weighted by molar-refractivity contribution is -0.289. The Morgan fingerprint density at radius 3 is 2.59 bits per heavy atom. The van der Waals surface area contributed by atoms with Gasteiger partial charge in [-0.15, -0.1) is 11.8 Å². The second kappa shape index (κ2) is 7.92. The van der Waals surface area contributed by atoms with E-state index in [0.29, 0.717) is 11.5 Å². The number of alkyl halides is 5. The average Bonchev–Trinajstić information content (AvgIpc) is 3.44. The Kier molecular flexibility index (Phi) is 5.53. The van der Waals surface area contributed by atoms with E-state index in [-0.39, 0.29) is 11.3 Å². The molecule has 5 nitrogen and oxygen atoms in total. The minimum absolute atomic E-state index is 0.155. The first-order valence-corrected chi connectivity index (χ1v) is 10.7. The van der Waals surface area contributed by atoms with Crippen LogP contribution in [0.2, 0.25) is 0 Å². The van der Waals surface area contributed by atoms with Crippen molar-refractivity contribution in [2.45, 2.75) is 42.2 Å². The van der Waals surface area contributed by atoms with Crippen molar-refractivity contribution in [1.82, 2.24) is 14.4 Å². The Balaban J connectivity index is 1.71. The van der Waals surface area contributed by atoms with Crippen LogP contribution in [0.5, 0.6) is 5.75 Å². The number of nitrogens with zero attached hydrogens (tertiary/aromatic N) is 4. The number of fused-ring (bicyclic) bond motifs is 1. The van der Waals surface area contributed by atoms with E-state index in [1.54, 1.807) is 12.4 Å². The molecule has 168 valence electrons. The third-order valence-corrected chi connectivity index (χ3v) is 6.15. The summed E-state index contributed by atoms with van der Waals surface area (Å²) in [4.78, 5) is 9.65. The highest BCUT2D eigenvalue weighted by Gasteiger charge is 2.58. The predicted molar refractivity (Wildman–Crippen MR) is 108 cm³/mol. The van der Waals surface area contributed by atoms with E-state index in [1.165, 1.54) is 34.5 Å². The van der Waals surface area contributed by atoms with E-state index in [9.17, 15) is 27.2 Å². The molecule has 0 saturated heterocycles. The fourth-order valence-corrected chi connectivity index (χ4v) is 4.08. The summed E-state index contributed by atoms with van der Waals surface area (Å²) in [7, 11) is 0. The smallest absolute Gasteiger partial charge is 0.456 e. The average molecular weight is 468 g/mol. The van der Waals surface area contributed by atoms with Crippen LogP contribution in [0.3, 0.4) is 0 Å². The number of hydrogen-bond donors (Lipinski definition) is 0. The highest BCUT2D eigenvalue weighted by Crippen LogP contribution is 2.48. The monoisotopic (exact) mass is 468 g/mol.